The third-order valence-corrected chi connectivity index (χ3v) is 19.8. The molecule has 302 valence electrons. The molecule has 0 unspecified atom stereocenters. The summed E-state index contributed by atoms with van der Waals surface area (Å²) in [5.41, 5.74) is 6.26. The Labute approximate surface area is 372 Å². The fourth-order valence-corrected chi connectivity index (χ4v) is 15.5. The molecule has 64 heavy (non-hydrogen) atoms. The number of rotatable bonds is 8. The van der Waals surface area contributed by atoms with Crippen molar-refractivity contribution >= 4 is 107 Å². The van der Waals surface area contributed by atoms with Gasteiger partial charge >= 0.3 is 0 Å². The summed E-state index contributed by atoms with van der Waals surface area (Å²) in [6.45, 7) is 3.69. The van der Waals surface area contributed by atoms with Crippen molar-refractivity contribution in [1.82, 2.24) is 9.13 Å². The number of hydrogen-bond acceptors (Lipinski definition) is 1. The van der Waals surface area contributed by atoms with Crippen LogP contribution < -0.4 is 31.8 Å². The molecule has 6 heteroatoms. The zero-order chi connectivity index (χ0) is 43.4. The molecule has 0 saturated carbocycles. The fourth-order valence-electron chi connectivity index (χ4n) is 9.65. The number of para-hydroxylation sites is 2. The highest BCUT2D eigenvalue weighted by Crippen LogP contribution is 2.46. The lowest BCUT2D eigenvalue weighted by Crippen LogP contribution is -2.25. The first-order valence-electron chi connectivity index (χ1n) is 21.2. The first-order valence-corrected chi connectivity index (χ1v) is 25.1. The quantitative estimate of drug-likeness (QED) is 0.111. The van der Waals surface area contributed by atoms with Crippen molar-refractivity contribution in [3.63, 3.8) is 0 Å². The van der Waals surface area contributed by atoms with Gasteiger partial charge in [-0.2, -0.15) is 5.26 Å². The topological polar surface area (TPSA) is 38.0 Å². The van der Waals surface area contributed by atoms with E-state index in [0.29, 0.717) is 11.3 Å². The van der Waals surface area contributed by atoms with E-state index in [0.717, 1.165) is 55.0 Å². The summed E-state index contributed by atoms with van der Waals surface area (Å²) in [5.74, 6) is 0. The third-order valence-electron chi connectivity index (χ3n) is 12.8. The summed E-state index contributed by atoms with van der Waals surface area (Å²) >= 11 is 0. The summed E-state index contributed by atoms with van der Waals surface area (Å²) in [6.07, 6.45) is 10.1. The first kappa shape index (κ1) is 39.0. The van der Waals surface area contributed by atoms with E-state index in [1.807, 2.05) is 12.1 Å². The van der Waals surface area contributed by atoms with Crippen LogP contribution in [0.5, 0.6) is 0 Å². The van der Waals surface area contributed by atoms with Gasteiger partial charge in [0.05, 0.1) is 51.6 Å². The van der Waals surface area contributed by atoms with E-state index in [-0.39, 0.29) is 0 Å². The minimum Gasteiger partial charge on any atom is -0.308 e. The third kappa shape index (κ3) is 5.97. The molecular formula is C58H40N4P2. The molecular weight excluding hydrogens is 815 g/mol. The zero-order valence-electron chi connectivity index (χ0n) is 34.9. The van der Waals surface area contributed by atoms with Crippen LogP contribution in [0.4, 0.5) is 5.69 Å². The summed E-state index contributed by atoms with van der Waals surface area (Å²) < 4.78 is 4.55. The molecule has 0 amide bonds. The smallest absolute Gasteiger partial charge is 0.206 e. The Morgan fingerprint density at radius 3 is 1.11 bits per heavy atom. The summed E-state index contributed by atoms with van der Waals surface area (Å²) in [7, 11) is 0. The van der Waals surface area contributed by atoms with Gasteiger partial charge in [-0.05, 0) is 94.1 Å². The summed E-state index contributed by atoms with van der Waals surface area (Å²) in [4.78, 5) is 3.93. The van der Waals surface area contributed by atoms with Gasteiger partial charge in [0.2, 0.25) is 5.69 Å². The summed E-state index contributed by atoms with van der Waals surface area (Å²) in [6, 6.07) is 79.4. The molecule has 0 radical (unpaired) electrons. The van der Waals surface area contributed by atoms with Crippen LogP contribution in [0.15, 0.2) is 218 Å². The number of hydrogen-bond donors (Lipinski definition) is 0. The van der Waals surface area contributed by atoms with Crippen LogP contribution in [-0.2, 0) is 0 Å². The SMILES string of the molecule is [C-]#[N+]c1cc(-n2c3ccccc3c3cc(P(=C)(c4ccccc4)c4ccccc4)ccc32)c(-n2c3ccccc3c3cc(P(=C)(c4ccccc4)c4ccccc4)ccc32)cc1C#N. The van der Waals surface area contributed by atoms with E-state index in [1.54, 1.807) is 0 Å². The molecule has 0 bridgehead atoms. The largest absolute Gasteiger partial charge is 0.308 e. The van der Waals surface area contributed by atoms with Crippen LogP contribution in [0.25, 0.3) is 59.8 Å². The zero-order valence-corrected chi connectivity index (χ0v) is 36.7. The highest BCUT2D eigenvalue weighted by Gasteiger charge is 2.27. The Bertz CT molecular complexity index is 3460. The van der Waals surface area contributed by atoms with Gasteiger partial charge in [-0.1, -0.05) is 182 Å². The Morgan fingerprint density at radius 2 is 0.734 bits per heavy atom. The number of nitriles is 1. The average Bonchev–Trinajstić information content (AvgIpc) is 3.88. The van der Waals surface area contributed by atoms with Crippen molar-refractivity contribution < 1.29 is 0 Å². The van der Waals surface area contributed by atoms with Crippen molar-refractivity contribution in [2.24, 2.45) is 0 Å². The highest BCUT2D eigenvalue weighted by atomic mass is 31.2. The van der Waals surface area contributed by atoms with Gasteiger partial charge in [0.15, 0.2) is 0 Å². The number of aromatic nitrogens is 2. The second-order valence-corrected chi connectivity index (χ2v) is 22.5. The molecule has 2 heterocycles. The second kappa shape index (κ2) is 15.5. The minimum atomic E-state index is -2.30. The van der Waals surface area contributed by atoms with E-state index >= 15 is 0 Å². The molecule has 11 rings (SSSR count). The van der Waals surface area contributed by atoms with E-state index in [1.165, 1.54) is 31.8 Å². The average molecular weight is 855 g/mol. The van der Waals surface area contributed by atoms with Gasteiger partial charge in [0, 0.05) is 21.5 Å². The van der Waals surface area contributed by atoms with E-state index in [9.17, 15) is 5.26 Å². The van der Waals surface area contributed by atoms with Gasteiger partial charge in [-0.3, -0.25) is 0 Å². The molecule has 9 aromatic carbocycles. The molecule has 0 saturated heterocycles. The van der Waals surface area contributed by atoms with E-state index < -0.39 is 13.8 Å². The Morgan fingerprint density at radius 1 is 0.391 bits per heavy atom. The lowest BCUT2D eigenvalue weighted by atomic mass is 10.1. The lowest BCUT2D eigenvalue weighted by molar-refractivity contribution is 1.09. The van der Waals surface area contributed by atoms with Crippen LogP contribution in [-0.4, -0.2) is 21.7 Å². The van der Waals surface area contributed by atoms with Crippen LogP contribution in [0.2, 0.25) is 0 Å². The van der Waals surface area contributed by atoms with Crippen LogP contribution in [0, 0.1) is 17.9 Å². The van der Waals surface area contributed by atoms with Gasteiger partial charge < -0.3 is 9.13 Å². The Kier molecular flexibility index (Phi) is 9.46. The highest BCUT2D eigenvalue weighted by molar-refractivity contribution is 7.93. The van der Waals surface area contributed by atoms with Crippen molar-refractivity contribution in [3.05, 3.63) is 235 Å². The van der Waals surface area contributed by atoms with Gasteiger partial charge in [0.1, 0.15) is 0 Å². The van der Waals surface area contributed by atoms with E-state index in [2.05, 4.69) is 226 Å². The van der Waals surface area contributed by atoms with E-state index in [4.69, 9.17) is 19.2 Å². The number of benzene rings is 9. The van der Waals surface area contributed by atoms with Crippen molar-refractivity contribution in [2.45, 2.75) is 0 Å². The normalized spacial score (nSPS) is 11.8. The van der Waals surface area contributed by atoms with Crippen molar-refractivity contribution in [3.8, 4) is 17.4 Å². The molecule has 4 nitrogen and oxygen atoms in total. The number of nitrogens with zero attached hydrogens (tertiary/aromatic N) is 4. The maximum atomic E-state index is 10.6. The predicted octanol–water partition coefficient (Wildman–Crippen LogP) is 11.8. The van der Waals surface area contributed by atoms with Gasteiger partial charge in [0.25, 0.3) is 0 Å². The molecule has 0 spiro atoms. The summed E-state index contributed by atoms with van der Waals surface area (Å²) in [5, 5.41) is 22.1. The Balaban J connectivity index is 1.19. The molecule has 0 aliphatic rings. The molecule has 0 fully saturated rings. The maximum absolute atomic E-state index is 10.6. The maximum Gasteiger partial charge on any atom is 0.206 e. The predicted molar refractivity (Wildman–Crippen MR) is 278 cm³/mol. The van der Waals surface area contributed by atoms with Crippen LogP contribution in [0.3, 0.4) is 0 Å². The lowest BCUT2D eigenvalue weighted by Gasteiger charge is -2.27. The molecule has 11 aromatic rings. The molecule has 0 aliphatic heterocycles. The second-order valence-electron chi connectivity index (χ2n) is 16.2. The number of fused-ring (bicyclic) bond motifs is 6. The standard InChI is InChI=1S/C58H40N4P2/c1-60-52-39-58(62-54-31-19-17-29-49(54)51-38-47(33-35-56(51)62)64(3,44-24-12-6-13-25-44)45-26-14-7-15-27-45)57(36-41(52)40-59)61-53-30-18-16-28-48(53)50-37-46(32-34-55(50)61)63(2,42-20-8-4-9-21-42)43-22-10-5-11-23-43/h4-39H,2-3H2. The molecule has 2 aromatic heterocycles. The fraction of sp³-hybridized carbons (Fsp3) is 0. The monoisotopic (exact) mass is 854 g/mol. The van der Waals surface area contributed by atoms with Crippen LogP contribution in [0.1, 0.15) is 5.56 Å². The van der Waals surface area contributed by atoms with Crippen molar-refractivity contribution in [2.75, 3.05) is 0 Å². The molecule has 0 aliphatic carbocycles. The minimum absolute atomic E-state index is 0.306. The molecule has 0 atom stereocenters. The van der Waals surface area contributed by atoms with Gasteiger partial charge in [-0.15, -0.1) is 0 Å². The van der Waals surface area contributed by atoms with Crippen molar-refractivity contribution in [1.29, 1.82) is 5.26 Å². The van der Waals surface area contributed by atoms with Gasteiger partial charge in [-0.25, -0.2) is 4.85 Å². The Hall–Kier alpha value is -7.84. The first-order chi connectivity index (χ1) is 31.4. The van der Waals surface area contributed by atoms with Crippen LogP contribution >= 0.6 is 13.8 Å². The molecule has 0 N–H and O–H groups in total.